The smallest absolute Gasteiger partial charge is 0.0239 e. The third-order valence-electron chi connectivity index (χ3n) is 4.60. The van der Waals surface area contributed by atoms with Crippen LogP contribution < -0.4 is 0 Å². The SMILES string of the molecule is C=C(C)CCc1ccc(CN2C(C)CCCC2C)cc1. The first-order chi connectivity index (χ1) is 9.56. The van der Waals surface area contributed by atoms with Gasteiger partial charge in [-0.15, -0.1) is 6.58 Å². The standard InChI is InChI=1S/C19H29N/c1-15(2)8-9-18-10-12-19(13-11-18)14-20-16(3)6-5-7-17(20)4/h10-13,16-17H,1,5-9,14H2,2-4H3. The normalized spacial score (nSPS) is 23.8. The van der Waals surface area contributed by atoms with Gasteiger partial charge in [0.25, 0.3) is 0 Å². The first-order valence-electron chi connectivity index (χ1n) is 8.04. The Balaban J connectivity index is 1.94. The topological polar surface area (TPSA) is 3.24 Å². The van der Waals surface area contributed by atoms with Crippen LogP contribution in [0.2, 0.25) is 0 Å². The van der Waals surface area contributed by atoms with Gasteiger partial charge in [-0.1, -0.05) is 36.3 Å². The van der Waals surface area contributed by atoms with Gasteiger partial charge in [-0.3, -0.25) is 4.90 Å². The maximum atomic E-state index is 3.98. The van der Waals surface area contributed by atoms with Crippen LogP contribution in [-0.2, 0) is 13.0 Å². The zero-order valence-electron chi connectivity index (χ0n) is 13.4. The molecule has 2 rings (SSSR count). The molecule has 1 fully saturated rings. The Kier molecular flexibility index (Phi) is 5.42. The van der Waals surface area contributed by atoms with E-state index in [0.717, 1.165) is 31.5 Å². The number of nitrogens with zero attached hydrogens (tertiary/aromatic N) is 1. The third-order valence-corrected chi connectivity index (χ3v) is 4.60. The molecule has 0 aromatic heterocycles. The highest BCUT2D eigenvalue weighted by Crippen LogP contribution is 2.24. The molecule has 2 unspecified atom stereocenters. The van der Waals surface area contributed by atoms with E-state index < -0.39 is 0 Å². The molecule has 0 amide bonds. The number of benzene rings is 1. The molecule has 0 aliphatic carbocycles. The van der Waals surface area contributed by atoms with E-state index in [4.69, 9.17) is 0 Å². The van der Waals surface area contributed by atoms with Crippen molar-refractivity contribution in [3.63, 3.8) is 0 Å². The van der Waals surface area contributed by atoms with Gasteiger partial charge in [0.15, 0.2) is 0 Å². The van der Waals surface area contributed by atoms with Crippen LogP contribution in [0.15, 0.2) is 36.4 Å². The zero-order valence-corrected chi connectivity index (χ0v) is 13.4. The minimum atomic E-state index is 0.724. The Labute approximate surface area is 124 Å². The quantitative estimate of drug-likeness (QED) is 0.684. The third kappa shape index (κ3) is 4.21. The summed E-state index contributed by atoms with van der Waals surface area (Å²) in [4.78, 5) is 2.66. The van der Waals surface area contributed by atoms with Crippen LogP contribution >= 0.6 is 0 Å². The second kappa shape index (κ2) is 7.08. The lowest BCUT2D eigenvalue weighted by Crippen LogP contribution is -2.42. The van der Waals surface area contributed by atoms with Gasteiger partial charge < -0.3 is 0 Å². The van der Waals surface area contributed by atoms with Crippen LogP contribution in [0.4, 0.5) is 0 Å². The first kappa shape index (κ1) is 15.3. The summed E-state index contributed by atoms with van der Waals surface area (Å²) in [5.74, 6) is 0. The van der Waals surface area contributed by atoms with Crippen molar-refractivity contribution in [2.24, 2.45) is 0 Å². The van der Waals surface area contributed by atoms with Crippen LogP contribution in [0.5, 0.6) is 0 Å². The Morgan fingerprint density at radius 1 is 1.10 bits per heavy atom. The minimum absolute atomic E-state index is 0.724. The van der Waals surface area contributed by atoms with Crippen molar-refractivity contribution in [2.45, 2.75) is 71.5 Å². The average molecular weight is 271 g/mol. The molecule has 0 bridgehead atoms. The predicted molar refractivity (Wildman–Crippen MR) is 87.9 cm³/mol. The van der Waals surface area contributed by atoms with Crippen LogP contribution in [0.1, 0.15) is 57.6 Å². The molecule has 1 heterocycles. The molecule has 0 spiro atoms. The predicted octanol–water partition coefficient (Wildman–Crippen LogP) is 4.96. The van der Waals surface area contributed by atoms with E-state index in [9.17, 15) is 0 Å². The molecular formula is C19H29N. The fourth-order valence-corrected chi connectivity index (χ4v) is 3.17. The van der Waals surface area contributed by atoms with E-state index in [1.807, 2.05) is 0 Å². The second-order valence-electron chi connectivity index (χ2n) is 6.57. The van der Waals surface area contributed by atoms with Gasteiger partial charge in [-0.25, -0.2) is 0 Å². The molecule has 1 aromatic rings. The molecule has 1 aromatic carbocycles. The number of allylic oxidation sites excluding steroid dienone is 1. The molecule has 110 valence electrons. The average Bonchev–Trinajstić information content (AvgIpc) is 2.42. The molecule has 1 saturated heterocycles. The Hall–Kier alpha value is -1.08. The lowest BCUT2D eigenvalue weighted by Gasteiger charge is -2.39. The summed E-state index contributed by atoms with van der Waals surface area (Å²) in [6.45, 7) is 11.9. The highest BCUT2D eigenvalue weighted by molar-refractivity contribution is 5.23. The Bertz CT molecular complexity index is 422. The fraction of sp³-hybridized carbons (Fsp3) is 0.579. The molecule has 20 heavy (non-hydrogen) atoms. The molecule has 0 radical (unpaired) electrons. The van der Waals surface area contributed by atoms with Gasteiger partial charge in [0, 0.05) is 18.6 Å². The minimum Gasteiger partial charge on any atom is -0.294 e. The Morgan fingerprint density at radius 2 is 1.65 bits per heavy atom. The van der Waals surface area contributed by atoms with Crippen LogP contribution in [0.3, 0.4) is 0 Å². The van der Waals surface area contributed by atoms with E-state index in [-0.39, 0.29) is 0 Å². The van der Waals surface area contributed by atoms with Gasteiger partial charge in [-0.05, 0) is 57.6 Å². The van der Waals surface area contributed by atoms with Gasteiger partial charge in [0.1, 0.15) is 0 Å². The second-order valence-corrected chi connectivity index (χ2v) is 6.57. The first-order valence-corrected chi connectivity index (χ1v) is 8.04. The highest BCUT2D eigenvalue weighted by atomic mass is 15.2. The van der Waals surface area contributed by atoms with Crippen molar-refractivity contribution >= 4 is 0 Å². The number of hydrogen-bond donors (Lipinski definition) is 0. The number of rotatable bonds is 5. The lowest BCUT2D eigenvalue weighted by atomic mass is 9.96. The molecule has 1 aliphatic rings. The van der Waals surface area contributed by atoms with Crippen molar-refractivity contribution in [3.05, 3.63) is 47.5 Å². The van der Waals surface area contributed by atoms with Crippen molar-refractivity contribution in [1.29, 1.82) is 0 Å². The summed E-state index contributed by atoms with van der Waals surface area (Å²) >= 11 is 0. The molecule has 2 atom stereocenters. The summed E-state index contributed by atoms with van der Waals surface area (Å²) in [5.41, 5.74) is 4.14. The van der Waals surface area contributed by atoms with Crippen molar-refractivity contribution in [1.82, 2.24) is 4.90 Å². The maximum Gasteiger partial charge on any atom is 0.0239 e. The van der Waals surface area contributed by atoms with Crippen molar-refractivity contribution in [2.75, 3.05) is 0 Å². The number of hydrogen-bond acceptors (Lipinski definition) is 1. The van der Waals surface area contributed by atoms with Crippen molar-refractivity contribution in [3.8, 4) is 0 Å². The largest absolute Gasteiger partial charge is 0.294 e. The summed E-state index contributed by atoms with van der Waals surface area (Å²) in [7, 11) is 0. The van der Waals surface area contributed by atoms with E-state index >= 15 is 0 Å². The fourth-order valence-electron chi connectivity index (χ4n) is 3.17. The number of aryl methyl sites for hydroxylation is 1. The van der Waals surface area contributed by atoms with E-state index in [0.29, 0.717) is 0 Å². The monoisotopic (exact) mass is 271 g/mol. The molecule has 0 N–H and O–H groups in total. The van der Waals surface area contributed by atoms with Crippen LogP contribution in [0.25, 0.3) is 0 Å². The van der Waals surface area contributed by atoms with Crippen LogP contribution in [0, 0.1) is 0 Å². The number of piperidine rings is 1. The van der Waals surface area contributed by atoms with E-state index in [2.05, 4.69) is 56.5 Å². The molecule has 1 heteroatoms. The Morgan fingerprint density at radius 3 is 2.20 bits per heavy atom. The van der Waals surface area contributed by atoms with Gasteiger partial charge >= 0.3 is 0 Å². The molecular weight excluding hydrogens is 242 g/mol. The molecule has 1 nitrogen and oxygen atoms in total. The lowest BCUT2D eigenvalue weighted by molar-refractivity contribution is 0.0953. The maximum absolute atomic E-state index is 3.98. The zero-order chi connectivity index (χ0) is 14.5. The van der Waals surface area contributed by atoms with Gasteiger partial charge in [0.05, 0.1) is 0 Å². The summed E-state index contributed by atoms with van der Waals surface area (Å²) in [6.07, 6.45) is 6.30. The molecule has 0 saturated carbocycles. The van der Waals surface area contributed by atoms with Crippen LogP contribution in [-0.4, -0.2) is 17.0 Å². The molecule has 1 aliphatic heterocycles. The van der Waals surface area contributed by atoms with Crippen molar-refractivity contribution < 1.29 is 0 Å². The van der Waals surface area contributed by atoms with E-state index in [1.165, 1.54) is 36.0 Å². The summed E-state index contributed by atoms with van der Waals surface area (Å²) in [6, 6.07) is 10.6. The summed E-state index contributed by atoms with van der Waals surface area (Å²) in [5, 5.41) is 0. The van der Waals surface area contributed by atoms with Gasteiger partial charge in [0.2, 0.25) is 0 Å². The summed E-state index contributed by atoms with van der Waals surface area (Å²) < 4.78 is 0. The van der Waals surface area contributed by atoms with E-state index in [1.54, 1.807) is 0 Å². The number of likely N-dealkylation sites (tertiary alicyclic amines) is 1. The highest BCUT2D eigenvalue weighted by Gasteiger charge is 2.24. The van der Waals surface area contributed by atoms with Gasteiger partial charge in [-0.2, -0.15) is 0 Å².